The van der Waals surface area contributed by atoms with E-state index in [1.54, 1.807) is 7.11 Å². The van der Waals surface area contributed by atoms with Gasteiger partial charge in [-0.2, -0.15) is 4.90 Å². The van der Waals surface area contributed by atoms with Gasteiger partial charge in [-0.25, -0.2) is 0 Å². The zero-order valence-electron chi connectivity index (χ0n) is 15.6. The van der Waals surface area contributed by atoms with Crippen LogP contribution >= 0.6 is 0 Å². The van der Waals surface area contributed by atoms with E-state index >= 15 is 0 Å². The highest BCUT2D eigenvalue weighted by molar-refractivity contribution is 5.97. The van der Waals surface area contributed by atoms with Crippen molar-refractivity contribution < 1.29 is 14.4 Å². The summed E-state index contributed by atoms with van der Waals surface area (Å²) < 4.78 is 7.67. The molecule has 0 amide bonds. The Morgan fingerprint density at radius 1 is 1.04 bits per heavy atom. The molecule has 0 saturated heterocycles. The number of para-hydroxylation sites is 1. The zero-order valence-corrected chi connectivity index (χ0v) is 15.6. The van der Waals surface area contributed by atoms with Gasteiger partial charge in [0, 0.05) is 12.0 Å². The standard InChI is InChI=1S/C22H27N2O2/c1-17-8-5-6-9-20(17)24-21-10-4-3-7-15-23(21)16-22(24,25)18-11-13-19(26-2)14-12-18/h5-6,8-9,11-14,25H,3-4,7,10,15-16H2,1-2H3/q+1/t22-/m1/s1. The van der Waals surface area contributed by atoms with Gasteiger partial charge in [-0.1, -0.05) is 18.2 Å². The van der Waals surface area contributed by atoms with E-state index in [4.69, 9.17) is 4.74 Å². The molecule has 0 saturated carbocycles. The SMILES string of the molecule is COc1ccc([C@]2(O)C[N+]3=C(CCCCC3)N2c2ccccc2C)cc1. The van der Waals surface area contributed by atoms with Crippen LogP contribution in [-0.2, 0) is 5.72 Å². The van der Waals surface area contributed by atoms with Crippen molar-refractivity contribution in [2.45, 2.75) is 38.3 Å². The maximum atomic E-state index is 11.9. The van der Waals surface area contributed by atoms with Crippen molar-refractivity contribution in [1.29, 1.82) is 0 Å². The Morgan fingerprint density at radius 3 is 2.54 bits per heavy atom. The number of ether oxygens (including phenoxy) is 1. The predicted octanol–water partition coefficient (Wildman–Crippen LogP) is 3.65. The normalized spacial score (nSPS) is 23.0. The van der Waals surface area contributed by atoms with Crippen LogP contribution in [0.4, 0.5) is 5.69 Å². The molecule has 2 aliphatic rings. The van der Waals surface area contributed by atoms with Gasteiger partial charge in [-0.3, -0.25) is 4.58 Å². The highest BCUT2D eigenvalue weighted by Gasteiger charge is 2.54. The molecule has 0 unspecified atom stereocenters. The molecule has 4 heteroatoms. The van der Waals surface area contributed by atoms with E-state index in [2.05, 4.69) is 40.7 Å². The number of hydrogen-bond acceptors (Lipinski definition) is 3. The summed E-state index contributed by atoms with van der Waals surface area (Å²) in [5.41, 5.74) is 2.11. The van der Waals surface area contributed by atoms with Crippen molar-refractivity contribution in [3.05, 3.63) is 59.7 Å². The maximum absolute atomic E-state index is 11.9. The Labute approximate surface area is 155 Å². The first-order valence-corrected chi connectivity index (χ1v) is 9.47. The van der Waals surface area contributed by atoms with Crippen LogP contribution < -0.4 is 9.64 Å². The van der Waals surface area contributed by atoms with Crippen molar-refractivity contribution in [2.24, 2.45) is 0 Å². The number of benzene rings is 2. The van der Waals surface area contributed by atoms with Crippen LogP contribution in [-0.4, -0.2) is 35.7 Å². The van der Waals surface area contributed by atoms with Crippen molar-refractivity contribution in [1.82, 2.24) is 0 Å². The topological polar surface area (TPSA) is 35.7 Å². The molecule has 0 radical (unpaired) electrons. The summed E-state index contributed by atoms with van der Waals surface area (Å²) >= 11 is 0. The van der Waals surface area contributed by atoms with E-state index < -0.39 is 5.72 Å². The summed E-state index contributed by atoms with van der Waals surface area (Å²) in [7, 11) is 1.67. The Kier molecular flexibility index (Phi) is 4.45. The summed E-state index contributed by atoms with van der Waals surface area (Å²) in [6, 6.07) is 16.2. The lowest BCUT2D eigenvalue weighted by atomic mass is 9.99. The molecule has 136 valence electrons. The number of rotatable bonds is 3. The Balaban J connectivity index is 1.84. The van der Waals surface area contributed by atoms with Gasteiger partial charge in [0.1, 0.15) is 11.4 Å². The first-order chi connectivity index (χ1) is 12.6. The average Bonchev–Trinajstić information content (AvgIpc) is 2.80. The molecule has 4 nitrogen and oxygen atoms in total. The average molecular weight is 351 g/mol. The Bertz CT molecular complexity index is 828. The van der Waals surface area contributed by atoms with Gasteiger partial charge in [-0.15, -0.1) is 0 Å². The molecule has 2 aromatic rings. The summed E-state index contributed by atoms with van der Waals surface area (Å²) in [6.45, 7) is 3.73. The molecule has 1 atom stereocenters. The molecule has 2 aliphatic heterocycles. The Morgan fingerprint density at radius 2 is 1.81 bits per heavy atom. The van der Waals surface area contributed by atoms with Crippen molar-refractivity contribution >= 4 is 11.5 Å². The summed E-state index contributed by atoms with van der Waals surface area (Å²) in [4.78, 5) is 2.18. The van der Waals surface area contributed by atoms with E-state index in [9.17, 15) is 5.11 Å². The molecular formula is C22H27N2O2+. The van der Waals surface area contributed by atoms with Crippen molar-refractivity contribution in [3.8, 4) is 5.75 Å². The highest BCUT2D eigenvalue weighted by Crippen LogP contribution is 2.39. The second kappa shape index (κ2) is 6.76. The first-order valence-electron chi connectivity index (χ1n) is 9.47. The molecule has 26 heavy (non-hydrogen) atoms. The minimum atomic E-state index is -1.06. The number of amidine groups is 1. The second-order valence-corrected chi connectivity index (χ2v) is 7.32. The van der Waals surface area contributed by atoms with E-state index in [0.717, 1.165) is 30.0 Å². The number of aliphatic hydroxyl groups is 1. The van der Waals surface area contributed by atoms with Gasteiger partial charge in [0.15, 0.2) is 6.54 Å². The lowest BCUT2D eigenvalue weighted by molar-refractivity contribution is -0.534. The fourth-order valence-electron chi connectivity index (χ4n) is 4.25. The van der Waals surface area contributed by atoms with Crippen molar-refractivity contribution in [3.63, 3.8) is 0 Å². The van der Waals surface area contributed by atoms with Gasteiger partial charge >= 0.3 is 0 Å². The predicted molar refractivity (Wildman–Crippen MR) is 104 cm³/mol. The largest absolute Gasteiger partial charge is 0.497 e. The highest BCUT2D eigenvalue weighted by atomic mass is 16.5. The number of nitrogens with zero attached hydrogens (tertiary/aromatic N) is 2. The number of anilines is 1. The molecule has 0 bridgehead atoms. The molecule has 0 fully saturated rings. The molecule has 0 spiro atoms. The second-order valence-electron chi connectivity index (χ2n) is 7.32. The molecular weight excluding hydrogens is 324 g/mol. The van der Waals surface area contributed by atoms with Crippen LogP contribution in [0.2, 0.25) is 0 Å². The number of hydrogen-bond donors (Lipinski definition) is 1. The van der Waals surface area contributed by atoms with Crippen LogP contribution in [0.1, 0.15) is 36.8 Å². The number of aryl methyl sites for hydroxylation is 1. The molecule has 4 rings (SSSR count). The zero-order chi connectivity index (χ0) is 18.1. The van der Waals surface area contributed by atoms with E-state index in [-0.39, 0.29) is 0 Å². The van der Waals surface area contributed by atoms with E-state index in [1.807, 2.05) is 24.3 Å². The fraction of sp³-hybridized carbons (Fsp3) is 0.409. The molecule has 2 aromatic carbocycles. The van der Waals surface area contributed by atoms with E-state index in [0.29, 0.717) is 6.54 Å². The van der Waals surface area contributed by atoms with Gasteiger partial charge in [0.25, 0.3) is 11.6 Å². The van der Waals surface area contributed by atoms with Crippen LogP contribution in [0.5, 0.6) is 5.75 Å². The summed E-state index contributed by atoms with van der Waals surface area (Å²) in [5, 5.41) is 11.9. The van der Waals surface area contributed by atoms with Crippen LogP contribution in [0, 0.1) is 6.92 Å². The van der Waals surface area contributed by atoms with Gasteiger partial charge in [0.2, 0.25) is 0 Å². The third-order valence-electron chi connectivity index (χ3n) is 5.64. The van der Waals surface area contributed by atoms with Crippen LogP contribution in [0.25, 0.3) is 0 Å². The van der Waals surface area contributed by atoms with Crippen molar-refractivity contribution in [2.75, 3.05) is 25.1 Å². The minimum Gasteiger partial charge on any atom is -0.497 e. The van der Waals surface area contributed by atoms with E-state index in [1.165, 1.54) is 30.7 Å². The van der Waals surface area contributed by atoms with Gasteiger partial charge < -0.3 is 9.84 Å². The minimum absolute atomic E-state index is 0.600. The van der Waals surface area contributed by atoms with Crippen LogP contribution in [0.15, 0.2) is 48.5 Å². The smallest absolute Gasteiger partial charge is 0.275 e. The quantitative estimate of drug-likeness (QED) is 0.858. The number of methoxy groups -OCH3 is 1. The molecule has 0 aliphatic carbocycles. The molecule has 2 heterocycles. The third-order valence-corrected chi connectivity index (χ3v) is 5.64. The molecule has 1 N–H and O–H groups in total. The third kappa shape index (κ3) is 2.78. The monoisotopic (exact) mass is 351 g/mol. The fourth-order valence-corrected chi connectivity index (χ4v) is 4.25. The van der Waals surface area contributed by atoms with Crippen LogP contribution in [0.3, 0.4) is 0 Å². The molecule has 0 aromatic heterocycles. The summed E-state index contributed by atoms with van der Waals surface area (Å²) in [6.07, 6.45) is 4.62. The Hall–Kier alpha value is -2.33. The summed E-state index contributed by atoms with van der Waals surface area (Å²) in [5.74, 6) is 2.05. The van der Waals surface area contributed by atoms with Gasteiger partial charge in [0.05, 0.1) is 13.7 Å². The lowest BCUT2D eigenvalue weighted by Crippen LogP contribution is -2.47. The van der Waals surface area contributed by atoms with Gasteiger partial charge in [-0.05, 0) is 62.1 Å². The lowest BCUT2D eigenvalue weighted by Gasteiger charge is -2.30. The maximum Gasteiger partial charge on any atom is 0.275 e. The first kappa shape index (κ1) is 17.1.